The molecule has 2 rings (SSSR count). The first kappa shape index (κ1) is 12.9. The van der Waals surface area contributed by atoms with Crippen LogP contribution in [0.4, 0.5) is 0 Å². The lowest BCUT2D eigenvalue weighted by molar-refractivity contribution is 0.0573. The Balaban J connectivity index is 2.27. The van der Waals surface area contributed by atoms with Crippen LogP contribution in [-0.2, 0) is 0 Å². The molecule has 1 aromatic rings. The maximum atomic E-state index is 12.5. The molecule has 2 unspecified atom stereocenters. The molecular formula is C15H21NO2. The molecule has 0 spiro atoms. The van der Waals surface area contributed by atoms with Crippen LogP contribution >= 0.6 is 0 Å². The Bertz CT molecular complexity index is 456. The maximum Gasteiger partial charge on any atom is 0.254 e. The van der Waals surface area contributed by atoms with Gasteiger partial charge in [0.1, 0.15) is 5.75 Å². The Morgan fingerprint density at radius 1 is 1.33 bits per heavy atom. The maximum absolute atomic E-state index is 12.5. The SMILES string of the molecule is Cc1c(O)cccc1C(=O)N1CC(C)CCC1C. The number of likely N-dealkylation sites (tertiary alicyclic amines) is 1. The molecule has 0 aliphatic carbocycles. The summed E-state index contributed by atoms with van der Waals surface area (Å²) in [6.07, 6.45) is 2.24. The third-order valence-electron chi connectivity index (χ3n) is 3.91. The molecule has 1 aliphatic rings. The third-order valence-corrected chi connectivity index (χ3v) is 3.91. The molecule has 1 saturated heterocycles. The van der Waals surface area contributed by atoms with Gasteiger partial charge in [-0.15, -0.1) is 0 Å². The lowest BCUT2D eigenvalue weighted by Crippen LogP contribution is -2.45. The molecule has 98 valence electrons. The quantitative estimate of drug-likeness (QED) is 0.828. The van der Waals surface area contributed by atoms with Crippen molar-refractivity contribution in [3.63, 3.8) is 0 Å². The summed E-state index contributed by atoms with van der Waals surface area (Å²) in [7, 11) is 0. The number of phenolic OH excluding ortho intramolecular Hbond substituents is 1. The number of carbonyl (C=O) groups is 1. The van der Waals surface area contributed by atoms with Crippen LogP contribution in [0.2, 0.25) is 0 Å². The molecule has 1 aromatic carbocycles. The minimum Gasteiger partial charge on any atom is -0.508 e. The predicted octanol–water partition coefficient (Wildman–Crippen LogP) is 2.96. The van der Waals surface area contributed by atoms with Crippen molar-refractivity contribution in [2.45, 2.75) is 39.7 Å². The minimum atomic E-state index is 0.0439. The van der Waals surface area contributed by atoms with Crippen molar-refractivity contribution >= 4 is 5.91 Å². The van der Waals surface area contributed by atoms with Gasteiger partial charge in [0, 0.05) is 23.7 Å². The standard InChI is InChI=1S/C15H21NO2/c1-10-7-8-11(2)16(9-10)15(18)13-5-4-6-14(17)12(13)3/h4-6,10-11,17H,7-9H2,1-3H3. The van der Waals surface area contributed by atoms with E-state index >= 15 is 0 Å². The summed E-state index contributed by atoms with van der Waals surface area (Å²) >= 11 is 0. The van der Waals surface area contributed by atoms with Crippen LogP contribution in [0, 0.1) is 12.8 Å². The highest BCUT2D eigenvalue weighted by molar-refractivity contribution is 5.96. The summed E-state index contributed by atoms with van der Waals surface area (Å²) in [6.45, 7) is 6.89. The number of phenols is 1. The van der Waals surface area contributed by atoms with Crippen molar-refractivity contribution in [1.29, 1.82) is 0 Å². The Hall–Kier alpha value is -1.51. The highest BCUT2D eigenvalue weighted by atomic mass is 16.3. The first-order valence-corrected chi connectivity index (χ1v) is 6.60. The summed E-state index contributed by atoms with van der Waals surface area (Å²) < 4.78 is 0. The average molecular weight is 247 g/mol. The highest BCUT2D eigenvalue weighted by Gasteiger charge is 2.28. The fourth-order valence-corrected chi connectivity index (χ4v) is 2.58. The van der Waals surface area contributed by atoms with Crippen LogP contribution in [0.15, 0.2) is 18.2 Å². The Morgan fingerprint density at radius 3 is 2.78 bits per heavy atom. The average Bonchev–Trinajstić information content (AvgIpc) is 2.35. The van der Waals surface area contributed by atoms with Crippen molar-refractivity contribution < 1.29 is 9.90 Å². The van der Waals surface area contributed by atoms with Crippen LogP contribution in [0.1, 0.15) is 42.6 Å². The number of rotatable bonds is 1. The van der Waals surface area contributed by atoms with E-state index < -0.39 is 0 Å². The van der Waals surface area contributed by atoms with E-state index in [1.54, 1.807) is 25.1 Å². The van der Waals surface area contributed by atoms with E-state index in [9.17, 15) is 9.90 Å². The molecule has 3 nitrogen and oxygen atoms in total. The summed E-state index contributed by atoms with van der Waals surface area (Å²) in [5.74, 6) is 0.795. The van der Waals surface area contributed by atoms with Gasteiger partial charge < -0.3 is 10.0 Å². The second kappa shape index (κ2) is 5.01. The smallest absolute Gasteiger partial charge is 0.254 e. The van der Waals surface area contributed by atoms with E-state index in [0.717, 1.165) is 13.0 Å². The Labute approximate surface area is 108 Å². The summed E-state index contributed by atoms with van der Waals surface area (Å²) in [5.41, 5.74) is 1.30. The van der Waals surface area contributed by atoms with Gasteiger partial charge in [-0.25, -0.2) is 0 Å². The molecule has 0 bridgehead atoms. The van der Waals surface area contributed by atoms with Crippen LogP contribution < -0.4 is 0 Å². The zero-order chi connectivity index (χ0) is 13.3. The van der Waals surface area contributed by atoms with E-state index in [0.29, 0.717) is 17.0 Å². The first-order valence-electron chi connectivity index (χ1n) is 6.60. The molecule has 0 radical (unpaired) electrons. The predicted molar refractivity (Wildman–Crippen MR) is 71.7 cm³/mol. The van der Waals surface area contributed by atoms with Crippen molar-refractivity contribution in [2.75, 3.05) is 6.54 Å². The van der Waals surface area contributed by atoms with Crippen molar-refractivity contribution in [2.24, 2.45) is 5.92 Å². The monoisotopic (exact) mass is 247 g/mol. The number of benzene rings is 1. The van der Waals surface area contributed by atoms with Gasteiger partial charge in [-0.2, -0.15) is 0 Å². The van der Waals surface area contributed by atoms with Gasteiger partial charge in [0.2, 0.25) is 0 Å². The number of carbonyl (C=O) groups excluding carboxylic acids is 1. The molecule has 1 N–H and O–H groups in total. The molecule has 1 aliphatic heterocycles. The molecular weight excluding hydrogens is 226 g/mol. The number of amides is 1. The Kier molecular flexibility index (Phi) is 3.60. The van der Waals surface area contributed by atoms with Gasteiger partial charge in [-0.3, -0.25) is 4.79 Å². The summed E-state index contributed by atoms with van der Waals surface area (Å²) in [6, 6.07) is 5.43. The summed E-state index contributed by atoms with van der Waals surface area (Å²) in [4.78, 5) is 14.5. The number of hydrogen-bond donors (Lipinski definition) is 1. The second-order valence-corrected chi connectivity index (χ2v) is 5.44. The molecule has 1 fully saturated rings. The number of hydrogen-bond acceptors (Lipinski definition) is 2. The molecule has 0 saturated carbocycles. The van der Waals surface area contributed by atoms with Crippen LogP contribution in [0.25, 0.3) is 0 Å². The molecule has 18 heavy (non-hydrogen) atoms. The molecule has 1 heterocycles. The second-order valence-electron chi connectivity index (χ2n) is 5.44. The number of piperidine rings is 1. The lowest BCUT2D eigenvalue weighted by atomic mass is 9.94. The third kappa shape index (κ3) is 2.35. The normalized spacial score (nSPS) is 24.1. The van der Waals surface area contributed by atoms with E-state index in [1.165, 1.54) is 6.42 Å². The molecule has 3 heteroatoms. The highest BCUT2D eigenvalue weighted by Crippen LogP contribution is 2.26. The van der Waals surface area contributed by atoms with Gasteiger partial charge in [0.05, 0.1) is 0 Å². The van der Waals surface area contributed by atoms with E-state index in [2.05, 4.69) is 13.8 Å². The van der Waals surface area contributed by atoms with E-state index in [-0.39, 0.29) is 17.7 Å². The zero-order valence-corrected chi connectivity index (χ0v) is 11.3. The number of aromatic hydroxyl groups is 1. The van der Waals surface area contributed by atoms with Gasteiger partial charge in [-0.05, 0) is 44.7 Å². The lowest BCUT2D eigenvalue weighted by Gasteiger charge is -2.37. The minimum absolute atomic E-state index is 0.0439. The van der Waals surface area contributed by atoms with Crippen LogP contribution in [-0.4, -0.2) is 28.5 Å². The Morgan fingerprint density at radius 2 is 2.06 bits per heavy atom. The van der Waals surface area contributed by atoms with Crippen LogP contribution in [0.3, 0.4) is 0 Å². The van der Waals surface area contributed by atoms with Crippen molar-refractivity contribution in [3.05, 3.63) is 29.3 Å². The largest absolute Gasteiger partial charge is 0.508 e. The van der Waals surface area contributed by atoms with E-state index in [1.807, 2.05) is 4.90 Å². The zero-order valence-electron chi connectivity index (χ0n) is 11.3. The fraction of sp³-hybridized carbons (Fsp3) is 0.533. The number of nitrogens with zero attached hydrogens (tertiary/aromatic N) is 1. The van der Waals surface area contributed by atoms with Gasteiger partial charge in [0.25, 0.3) is 5.91 Å². The van der Waals surface area contributed by atoms with Gasteiger partial charge in [-0.1, -0.05) is 13.0 Å². The van der Waals surface area contributed by atoms with Gasteiger partial charge in [0.15, 0.2) is 0 Å². The van der Waals surface area contributed by atoms with Crippen molar-refractivity contribution in [3.8, 4) is 5.75 Å². The van der Waals surface area contributed by atoms with Gasteiger partial charge >= 0.3 is 0 Å². The molecule has 2 atom stereocenters. The van der Waals surface area contributed by atoms with Crippen LogP contribution in [0.5, 0.6) is 5.75 Å². The molecule has 1 amide bonds. The first-order chi connectivity index (χ1) is 8.50. The fourth-order valence-electron chi connectivity index (χ4n) is 2.58. The van der Waals surface area contributed by atoms with Crippen molar-refractivity contribution in [1.82, 2.24) is 4.90 Å². The topological polar surface area (TPSA) is 40.5 Å². The summed E-state index contributed by atoms with van der Waals surface area (Å²) in [5, 5.41) is 9.69. The molecule has 0 aromatic heterocycles. The van der Waals surface area contributed by atoms with E-state index in [4.69, 9.17) is 0 Å².